The normalized spacial score (nSPS) is 11.3. The molecule has 0 aromatic heterocycles. The van der Waals surface area contributed by atoms with Crippen LogP contribution in [0, 0.1) is 0 Å². The van der Waals surface area contributed by atoms with Crippen molar-refractivity contribution >= 4 is 29.4 Å². The highest BCUT2D eigenvalue weighted by Gasteiger charge is 2.30. The number of ether oxygens (including phenoxy) is 3. The molecular weight excluding hydrogens is 393 g/mol. The van der Waals surface area contributed by atoms with Gasteiger partial charge < -0.3 is 25.7 Å². The van der Waals surface area contributed by atoms with Crippen LogP contribution in [-0.4, -0.2) is 31.5 Å². The third kappa shape index (κ3) is 7.83. The molecule has 0 aliphatic rings. The lowest BCUT2D eigenvalue weighted by atomic mass is 10.2. The number of anilines is 2. The molecule has 0 aliphatic carbocycles. The predicted octanol–water partition coefficient (Wildman–Crippen LogP) is 3.16. The van der Waals surface area contributed by atoms with Crippen LogP contribution >= 0.6 is 0 Å². The molecule has 0 fully saturated rings. The summed E-state index contributed by atoms with van der Waals surface area (Å²) in [6.07, 6.45) is -2.34. The zero-order valence-electron chi connectivity index (χ0n) is 14.9. The number of nitrogen functional groups attached to an aromatic ring is 2. The van der Waals surface area contributed by atoms with Gasteiger partial charge in [-0.25, -0.2) is 9.59 Å². The van der Waals surface area contributed by atoms with Crippen molar-refractivity contribution in [3.05, 3.63) is 59.7 Å². The molecule has 0 radical (unpaired) electrons. The Bertz CT molecular complexity index is 875. The number of benzene rings is 2. The van der Waals surface area contributed by atoms with Gasteiger partial charge >= 0.3 is 18.3 Å². The maximum Gasteiger partial charge on any atom is 0.573 e. The molecule has 0 saturated heterocycles. The Balaban J connectivity index is 1.74. The molecular formula is C19H17F3N2O5. The van der Waals surface area contributed by atoms with Crippen molar-refractivity contribution in [3.63, 3.8) is 0 Å². The standard InChI is InChI=1S/C19H17F3N2O5/c20-19(21,22)29-16-4-1-12(2-5-16)3-6-17(25)27-7-8-28-18(26)13-9-14(23)11-15(24)10-13/h1-6,9-11H,7-8,23-24H2. The Labute approximate surface area is 163 Å². The molecule has 10 heteroatoms. The van der Waals surface area contributed by atoms with Gasteiger partial charge in [0.25, 0.3) is 0 Å². The molecule has 0 heterocycles. The molecule has 2 rings (SSSR count). The Hall–Kier alpha value is -3.69. The van der Waals surface area contributed by atoms with E-state index in [2.05, 4.69) is 4.74 Å². The third-order valence-electron chi connectivity index (χ3n) is 3.30. The van der Waals surface area contributed by atoms with Gasteiger partial charge in [0.2, 0.25) is 0 Å². The topological polar surface area (TPSA) is 114 Å². The first-order valence-electron chi connectivity index (χ1n) is 8.16. The van der Waals surface area contributed by atoms with Crippen molar-refractivity contribution < 1.29 is 37.0 Å². The number of carbonyl (C=O) groups excluding carboxylic acids is 2. The van der Waals surface area contributed by atoms with E-state index in [-0.39, 0.29) is 24.5 Å². The van der Waals surface area contributed by atoms with Crippen LogP contribution in [0.15, 0.2) is 48.5 Å². The second kappa shape index (κ2) is 9.49. The van der Waals surface area contributed by atoms with Gasteiger partial charge in [0.1, 0.15) is 19.0 Å². The number of nitrogens with two attached hydrogens (primary N) is 2. The molecule has 7 nitrogen and oxygen atoms in total. The molecule has 0 unspecified atom stereocenters. The van der Waals surface area contributed by atoms with Crippen molar-refractivity contribution in [1.82, 2.24) is 0 Å². The highest BCUT2D eigenvalue weighted by atomic mass is 19.4. The van der Waals surface area contributed by atoms with Crippen molar-refractivity contribution in [2.75, 3.05) is 24.7 Å². The zero-order chi connectivity index (χ0) is 21.4. The summed E-state index contributed by atoms with van der Waals surface area (Å²) in [6, 6.07) is 9.19. The zero-order valence-corrected chi connectivity index (χ0v) is 14.9. The first-order chi connectivity index (χ1) is 13.6. The largest absolute Gasteiger partial charge is 0.573 e. The number of hydrogen-bond donors (Lipinski definition) is 2. The van der Waals surface area contributed by atoms with Gasteiger partial charge in [0, 0.05) is 17.5 Å². The van der Waals surface area contributed by atoms with Crippen LogP contribution in [0.2, 0.25) is 0 Å². The van der Waals surface area contributed by atoms with Crippen molar-refractivity contribution in [3.8, 4) is 5.75 Å². The molecule has 0 bridgehead atoms. The van der Waals surface area contributed by atoms with Crippen molar-refractivity contribution in [2.24, 2.45) is 0 Å². The van der Waals surface area contributed by atoms with Crippen LogP contribution in [0.5, 0.6) is 5.75 Å². The number of hydrogen-bond acceptors (Lipinski definition) is 7. The Morgan fingerprint density at radius 2 is 1.52 bits per heavy atom. The maximum absolute atomic E-state index is 12.1. The minimum Gasteiger partial charge on any atom is -0.459 e. The maximum atomic E-state index is 12.1. The number of carbonyl (C=O) groups is 2. The van der Waals surface area contributed by atoms with E-state index in [0.717, 1.165) is 18.2 Å². The fourth-order valence-electron chi connectivity index (χ4n) is 2.15. The van der Waals surface area contributed by atoms with E-state index < -0.39 is 18.3 Å². The summed E-state index contributed by atoms with van der Waals surface area (Å²) < 4.78 is 49.8. The summed E-state index contributed by atoms with van der Waals surface area (Å²) in [5.41, 5.74) is 12.4. The summed E-state index contributed by atoms with van der Waals surface area (Å²) in [5, 5.41) is 0. The van der Waals surface area contributed by atoms with Gasteiger partial charge in [-0.15, -0.1) is 13.2 Å². The highest BCUT2D eigenvalue weighted by molar-refractivity contribution is 5.91. The van der Waals surface area contributed by atoms with E-state index in [0.29, 0.717) is 16.9 Å². The smallest absolute Gasteiger partial charge is 0.459 e. The van der Waals surface area contributed by atoms with Gasteiger partial charge in [0.15, 0.2) is 0 Å². The van der Waals surface area contributed by atoms with Crippen LogP contribution in [0.25, 0.3) is 6.08 Å². The monoisotopic (exact) mass is 410 g/mol. The predicted molar refractivity (Wildman–Crippen MR) is 98.7 cm³/mol. The molecule has 4 N–H and O–H groups in total. The third-order valence-corrected chi connectivity index (χ3v) is 3.30. The average Bonchev–Trinajstić information content (AvgIpc) is 2.62. The van der Waals surface area contributed by atoms with Gasteiger partial charge in [0.05, 0.1) is 5.56 Å². The van der Waals surface area contributed by atoms with Gasteiger partial charge in [-0.1, -0.05) is 12.1 Å². The Kier molecular flexibility index (Phi) is 7.07. The average molecular weight is 410 g/mol. The molecule has 0 atom stereocenters. The summed E-state index contributed by atoms with van der Waals surface area (Å²) in [7, 11) is 0. The highest BCUT2D eigenvalue weighted by Crippen LogP contribution is 2.23. The van der Waals surface area contributed by atoms with Crippen LogP contribution in [0.3, 0.4) is 0 Å². The molecule has 0 amide bonds. The second-order valence-electron chi connectivity index (χ2n) is 5.64. The SMILES string of the molecule is Nc1cc(N)cc(C(=O)OCCOC(=O)C=Cc2ccc(OC(F)(F)F)cc2)c1. The minimum absolute atomic E-state index is 0.173. The fraction of sp³-hybridized carbons (Fsp3) is 0.158. The number of halogens is 3. The summed E-state index contributed by atoms with van der Waals surface area (Å²) in [5.74, 6) is -1.76. The molecule has 2 aromatic rings. The summed E-state index contributed by atoms with van der Waals surface area (Å²) in [4.78, 5) is 23.5. The number of rotatable bonds is 7. The van der Waals surface area contributed by atoms with Crippen LogP contribution < -0.4 is 16.2 Å². The van der Waals surface area contributed by atoms with E-state index >= 15 is 0 Å². The number of esters is 2. The van der Waals surface area contributed by atoms with E-state index in [1.54, 1.807) is 0 Å². The van der Waals surface area contributed by atoms with Crippen LogP contribution in [0.4, 0.5) is 24.5 Å². The minimum atomic E-state index is -4.77. The van der Waals surface area contributed by atoms with Crippen LogP contribution in [-0.2, 0) is 14.3 Å². The van der Waals surface area contributed by atoms with E-state index in [9.17, 15) is 22.8 Å². The lowest BCUT2D eigenvalue weighted by molar-refractivity contribution is -0.274. The van der Waals surface area contributed by atoms with Crippen molar-refractivity contribution in [1.29, 1.82) is 0 Å². The second-order valence-corrected chi connectivity index (χ2v) is 5.64. The lowest BCUT2D eigenvalue weighted by Gasteiger charge is -2.08. The molecule has 29 heavy (non-hydrogen) atoms. The molecule has 0 spiro atoms. The Morgan fingerprint density at radius 3 is 2.10 bits per heavy atom. The molecule has 0 saturated carbocycles. The first-order valence-corrected chi connectivity index (χ1v) is 8.16. The van der Waals surface area contributed by atoms with E-state index in [4.69, 9.17) is 20.9 Å². The Morgan fingerprint density at radius 1 is 0.931 bits per heavy atom. The van der Waals surface area contributed by atoms with E-state index in [1.165, 1.54) is 36.4 Å². The molecule has 154 valence electrons. The molecule has 2 aromatic carbocycles. The first kappa shape index (κ1) is 21.6. The van der Waals surface area contributed by atoms with Gasteiger partial charge in [-0.05, 0) is 42.0 Å². The van der Waals surface area contributed by atoms with Gasteiger partial charge in [-0.2, -0.15) is 0 Å². The number of alkyl halides is 3. The summed E-state index contributed by atoms with van der Waals surface area (Å²) >= 11 is 0. The lowest BCUT2D eigenvalue weighted by Crippen LogP contribution is -2.16. The summed E-state index contributed by atoms with van der Waals surface area (Å²) in [6.45, 7) is -0.373. The van der Waals surface area contributed by atoms with E-state index in [1.807, 2.05) is 0 Å². The van der Waals surface area contributed by atoms with Crippen LogP contribution in [0.1, 0.15) is 15.9 Å². The van der Waals surface area contributed by atoms with Crippen molar-refractivity contribution in [2.45, 2.75) is 6.36 Å². The quantitative estimate of drug-likeness (QED) is 0.312. The van der Waals surface area contributed by atoms with Gasteiger partial charge in [-0.3, -0.25) is 0 Å². The fourth-order valence-corrected chi connectivity index (χ4v) is 2.15. The molecule has 0 aliphatic heterocycles.